The fraction of sp³-hybridized carbons (Fsp3) is 0.143. The molecular formula is C14H10F3NO3S. The largest absolute Gasteiger partial charge is 0.534 e. The number of halogens is 3. The van der Waals surface area contributed by atoms with Gasteiger partial charge in [0.15, 0.2) is 5.75 Å². The number of H-pyrrole nitrogens is 1. The molecule has 0 aliphatic rings. The number of aryl methyl sites for hydroxylation is 1. The van der Waals surface area contributed by atoms with Crippen LogP contribution in [0, 0.1) is 6.92 Å². The topological polar surface area (TPSA) is 59.2 Å². The van der Waals surface area contributed by atoms with Gasteiger partial charge in [-0.05, 0) is 24.6 Å². The van der Waals surface area contributed by atoms with Crippen molar-refractivity contribution in [3.05, 3.63) is 42.0 Å². The molecule has 8 heteroatoms. The lowest BCUT2D eigenvalue weighted by Gasteiger charge is -2.09. The number of fused-ring (bicyclic) bond motifs is 3. The molecule has 0 saturated heterocycles. The lowest BCUT2D eigenvalue weighted by atomic mass is 10.1. The maximum atomic E-state index is 12.5. The third-order valence-electron chi connectivity index (χ3n) is 3.23. The molecule has 2 aromatic carbocycles. The third-order valence-corrected chi connectivity index (χ3v) is 4.20. The van der Waals surface area contributed by atoms with Crippen LogP contribution in [0.3, 0.4) is 0 Å². The second-order valence-electron chi connectivity index (χ2n) is 4.84. The van der Waals surface area contributed by atoms with Crippen molar-refractivity contribution >= 4 is 31.9 Å². The van der Waals surface area contributed by atoms with E-state index in [2.05, 4.69) is 9.17 Å². The molecule has 0 fully saturated rings. The predicted octanol–water partition coefficient (Wildman–Crippen LogP) is 3.86. The maximum absolute atomic E-state index is 12.5. The molecule has 0 aliphatic heterocycles. The zero-order valence-corrected chi connectivity index (χ0v) is 12.0. The van der Waals surface area contributed by atoms with Crippen LogP contribution in [0.2, 0.25) is 0 Å². The molecule has 1 N–H and O–H groups in total. The van der Waals surface area contributed by atoms with E-state index >= 15 is 0 Å². The van der Waals surface area contributed by atoms with Crippen LogP contribution in [-0.4, -0.2) is 18.9 Å². The number of benzene rings is 2. The standard InChI is InChI=1S/C14H10F3NO3S/c1-8-5-6-9-10-3-2-4-12(13(10)18-11(9)7-8)21-22(19,20)14(15,16)17/h2-7,18H,1H3. The number of rotatable bonds is 2. The van der Waals surface area contributed by atoms with Gasteiger partial charge in [-0.2, -0.15) is 21.6 Å². The quantitative estimate of drug-likeness (QED) is 0.574. The minimum Gasteiger partial charge on any atom is -0.374 e. The Morgan fingerprint density at radius 3 is 2.50 bits per heavy atom. The molecular weight excluding hydrogens is 319 g/mol. The molecule has 0 aliphatic carbocycles. The van der Waals surface area contributed by atoms with Crippen LogP contribution in [-0.2, 0) is 10.1 Å². The summed E-state index contributed by atoms with van der Waals surface area (Å²) in [7, 11) is -5.71. The van der Waals surface area contributed by atoms with Crippen molar-refractivity contribution in [1.82, 2.24) is 4.98 Å². The maximum Gasteiger partial charge on any atom is 0.534 e. The van der Waals surface area contributed by atoms with Crippen molar-refractivity contribution in [2.45, 2.75) is 12.4 Å². The van der Waals surface area contributed by atoms with E-state index in [4.69, 9.17) is 0 Å². The summed E-state index contributed by atoms with van der Waals surface area (Å²) in [6.07, 6.45) is 0. The number of hydrogen-bond acceptors (Lipinski definition) is 3. The second-order valence-corrected chi connectivity index (χ2v) is 6.37. The molecule has 0 radical (unpaired) electrons. The molecule has 0 saturated carbocycles. The van der Waals surface area contributed by atoms with E-state index in [1.165, 1.54) is 12.1 Å². The summed E-state index contributed by atoms with van der Waals surface area (Å²) in [5.74, 6) is -0.385. The number of alkyl halides is 3. The number of aromatic amines is 1. The highest BCUT2D eigenvalue weighted by atomic mass is 32.2. The van der Waals surface area contributed by atoms with Crippen molar-refractivity contribution in [1.29, 1.82) is 0 Å². The number of hydrogen-bond donors (Lipinski definition) is 1. The van der Waals surface area contributed by atoms with E-state index in [0.717, 1.165) is 10.9 Å². The molecule has 22 heavy (non-hydrogen) atoms. The van der Waals surface area contributed by atoms with Gasteiger partial charge in [-0.15, -0.1) is 0 Å². The highest BCUT2D eigenvalue weighted by Gasteiger charge is 2.48. The number of para-hydroxylation sites is 1. The van der Waals surface area contributed by atoms with E-state index in [0.29, 0.717) is 10.9 Å². The first-order valence-electron chi connectivity index (χ1n) is 6.21. The van der Waals surface area contributed by atoms with E-state index in [1.54, 1.807) is 6.07 Å². The highest BCUT2D eigenvalue weighted by molar-refractivity contribution is 7.88. The lowest BCUT2D eigenvalue weighted by molar-refractivity contribution is -0.0499. The van der Waals surface area contributed by atoms with E-state index in [9.17, 15) is 21.6 Å². The summed E-state index contributed by atoms with van der Waals surface area (Å²) in [5.41, 5.74) is -3.62. The summed E-state index contributed by atoms with van der Waals surface area (Å²) in [5, 5.41) is 1.36. The Balaban J connectivity index is 2.22. The minimum atomic E-state index is -5.71. The van der Waals surface area contributed by atoms with E-state index in [-0.39, 0.29) is 11.3 Å². The molecule has 0 atom stereocenters. The molecule has 3 aromatic rings. The van der Waals surface area contributed by atoms with Crippen LogP contribution < -0.4 is 4.18 Å². The van der Waals surface area contributed by atoms with Gasteiger partial charge in [0.1, 0.15) is 0 Å². The van der Waals surface area contributed by atoms with E-state index in [1.807, 2.05) is 25.1 Å². The van der Waals surface area contributed by atoms with Gasteiger partial charge in [0.05, 0.1) is 5.52 Å². The lowest BCUT2D eigenvalue weighted by Crippen LogP contribution is -2.28. The van der Waals surface area contributed by atoms with Crippen LogP contribution in [0.15, 0.2) is 36.4 Å². The van der Waals surface area contributed by atoms with Crippen molar-refractivity contribution < 1.29 is 25.8 Å². The molecule has 0 amide bonds. The summed E-state index contributed by atoms with van der Waals surface area (Å²) in [6.45, 7) is 1.87. The Kier molecular flexibility index (Phi) is 3.10. The minimum absolute atomic E-state index is 0.205. The highest BCUT2D eigenvalue weighted by Crippen LogP contribution is 2.35. The van der Waals surface area contributed by atoms with Gasteiger partial charge in [-0.25, -0.2) is 0 Å². The monoisotopic (exact) mass is 329 g/mol. The van der Waals surface area contributed by atoms with Gasteiger partial charge in [-0.3, -0.25) is 0 Å². The summed E-state index contributed by atoms with van der Waals surface area (Å²) >= 11 is 0. The molecule has 1 heterocycles. The summed E-state index contributed by atoms with van der Waals surface area (Å²) in [4.78, 5) is 2.90. The van der Waals surface area contributed by atoms with Gasteiger partial charge in [0.2, 0.25) is 0 Å². The third kappa shape index (κ3) is 2.29. The van der Waals surface area contributed by atoms with Crippen molar-refractivity contribution in [3.63, 3.8) is 0 Å². The molecule has 4 nitrogen and oxygen atoms in total. The number of aromatic nitrogens is 1. The smallest absolute Gasteiger partial charge is 0.374 e. The van der Waals surface area contributed by atoms with Gasteiger partial charge in [-0.1, -0.05) is 24.3 Å². The number of nitrogens with one attached hydrogen (secondary N) is 1. The zero-order chi connectivity index (χ0) is 16.1. The van der Waals surface area contributed by atoms with Crippen LogP contribution in [0.4, 0.5) is 13.2 Å². The van der Waals surface area contributed by atoms with Gasteiger partial charge in [0.25, 0.3) is 0 Å². The average Bonchev–Trinajstić information content (AvgIpc) is 2.75. The second kappa shape index (κ2) is 4.64. The Labute approximate surface area is 123 Å². The Morgan fingerprint density at radius 1 is 1.09 bits per heavy atom. The van der Waals surface area contributed by atoms with Crippen molar-refractivity contribution in [3.8, 4) is 5.75 Å². The SMILES string of the molecule is Cc1ccc2c(c1)[nH]c1c(OS(=O)(=O)C(F)(F)F)cccc12. The fourth-order valence-corrected chi connectivity index (χ4v) is 2.72. The predicted molar refractivity (Wildman–Crippen MR) is 76.1 cm³/mol. The van der Waals surface area contributed by atoms with E-state index < -0.39 is 15.6 Å². The van der Waals surface area contributed by atoms with Crippen LogP contribution in [0.25, 0.3) is 21.8 Å². The average molecular weight is 329 g/mol. The van der Waals surface area contributed by atoms with Crippen molar-refractivity contribution in [2.75, 3.05) is 0 Å². The first-order valence-corrected chi connectivity index (χ1v) is 7.62. The Morgan fingerprint density at radius 2 is 1.82 bits per heavy atom. The summed E-state index contributed by atoms with van der Waals surface area (Å²) in [6, 6.07) is 9.78. The van der Waals surface area contributed by atoms with Gasteiger partial charge < -0.3 is 9.17 Å². The molecule has 0 spiro atoms. The fourth-order valence-electron chi connectivity index (χ4n) is 2.25. The first kappa shape index (κ1) is 14.7. The molecule has 3 rings (SSSR count). The Bertz CT molecular complexity index is 974. The molecule has 0 unspecified atom stereocenters. The first-order chi connectivity index (χ1) is 10.2. The van der Waals surface area contributed by atoms with Crippen molar-refractivity contribution in [2.24, 2.45) is 0 Å². The molecule has 1 aromatic heterocycles. The zero-order valence-electron chi connectivity index (χ0n) is 11.2. The normalized spacial score (nSPS) is 12.9. The van der Waals surface area contributed by atoms with Crippen LogP contribution in [0.5, 0.6) is 5.75 Å². The molecule has 0 bridgehead atoms. The summed E-state index contributed by atoms with van der Waals surface area (Å²) < 4.78 is 64.0. The van der Waals surface area contributed by atoms with Gasteiger partial charge in [0, 0.05) is 16.3 Å². The Hall–Kier alpha value is -2.22. The van der Waals surface area contributed by atoms with Crippen LogP contribution >= 0.6 is 0 Å². The molecule has 116 valence electrons. The van der Waals surface area contributed by atoms with Gasteiger partial charge >= 0.3 is 15.6 Å². The van der Waals surface area contributed by atoms with Crippen LogP contribution in [0.1, 0.15) is 5.56 Å².